The van der Waals surface area contributed by atoms with Gasteiger partial charge in [-0.05, 0) is 99.5 Å². The van der Waals surface area contributed by atoms with Crippen LogP contribution in [-0.4, -0.2) is 47.8 Å². The zero-order valence-electron chi connectivity index (χ0n) is 19.5. The Hall–Kier alpha value is -1.98. The molecule has 2 saturated heterocycles. The third-order valence-corrected chi connectivity index (χ3v) is 9.83. The van der Waals surface area contributed by atoms with E-state index in [1.54, 1.807) is 11.8 Å². The first-order chi connectivity index (χ1) is 15.8. The van der Waals surface area contributed by atoms with Crippen LogP contribution in [0, 0.1) is 47.1 Å². The summed E-state index contributed by atoms with van der Waals surface area (Å²) in [5.74, 6) is 0.573. The maximum atomic E-state index is 14.5. The summed E-state index contributed by atoms with van der Waals surface area (Å²) in [5, 5.41) is 0. The van der Waals surface area contributed by atoms with Gasteiger partial charge >= 0.3 is 0 Å². The van der Waals surface area contributed by atoms with Gasteiger partial charge in [-0.25, -0.2) is 8.78 Å². The molecule has 178 valence electrons. The van der Waals surface area contributed by atoms with E-state index >= 15 is 0 Å². The quantitative estimate of drug-likeness (QED) is 0.632. The summed E-state index contributed by atoms with van der Waals surface area (Å²) >= 11 is 0. The molecule has 4 aliphatic carbocycles. The number of halogens is 2. The van der Waals surface area contributed by atoms with E-state index in [0.717, 1.165) is 69.4 Å². The maximum absolute atomic E-state index is 14.5. The molecule has 6 aliphatic rings. The lowest BCUT2D eigenvalue weighted by Crippen LogP contribution is -2.54. The Labute approximate surface area is 194 Å². The molecular weight excluding hydrogens is 422 g/mol. The van der Waals surface area contributed by atoms with Crippen LogP contribution in [0.25, 0.3) is 0 Å². The summed E-state index contributed by atoms with van der Waals surface area (Å²) < 4.78 is 28.7. The van der Waals surface area contributed by atoms with Crippen LogP contribution in [0.1, 0.15) is 73.7 Å². The standard InChI is InChI=1S/C27H34F2N2O2/c1-17-2-3-21(28)22(23(17)29)24(32)30-7-4-26(5-8-30)6-9-31(16-26)25(33)27-13-18-10-19(14-27)12-20(11-18)15-27/h2-3,18-20H,4-16H2,1H3. The molecule has 33 heavy (non-hydrogen) atoms. The maximum Gasteiger partial charge on any atom is 0.259 e. The highest BCUT2D eigenvalue weighted by molar-refractivity contribution is 5.95. The molecule has 0 N–H and O–H groups in total. The van der Waals surface area contributed by atoms with Crippen molar-refractivity contribution in [3.63, 3.8) is 0 Å². The number of carbonyl (C=O) groups is 2. The first-order valence-electron chi connectivity index (χ1n) is 12.8. The van der Waals surface area contributed by atoms with Crippen LogP contribution in [0.2, 0.25) is 0 Å². The number of aryl methyl sites for hydroxylation is 1. The fourth-order valence-corrected chi connectivity index (χ4v) is 8.42. The second-order valence-corrected chi connectivity index (χ2v) is 12.0. The Morgan fingerprint density at radius 2 is 1.42 bits per heavy atom. The van der Waals surface area contributed by atoms with Crippen LogP contribution < -0.4 is 0 Å². The van der Waals surface area contributed by atoms with Crippen LogP contribution in [0.5, 0.6) is 0 Å². The average Bonchev–Trinajstić information content (AvgIpc) is 3.19. The topological polar surface area (TPSA) is 40.6 Å². The molecule has 2 aliphatic heterocycles. The van der Waals surface area contributed by atoms with E-state index in [4.69, 9.17) is 0 Å². The predicted octanol–water partition coefficient (Wildman–Crippen LogP) is 4.94. The number of amides is 2. The fourth-order valence-electron chi connectivity index (χ4n) is 8.42. The summed E-state index contributed by atoms with van der Waals surface area (Å²) in [4.78, 5) is 30.4. The third kappa shape index (κ3) is 3.42. The molecule has 7 rings (SSSR count). The molecule has 4 saturated carbocycles. The zero-order valence-corrected chi connectivity index (χ0v) is 19.5. The molecular formula is C27H34F2N2O2. The Kier molecular flexibility index (Phi) is 4.90. The lowest BCUT2D eigenvalue weighted by molar-refractivity contribution is -0.157. The Balaban J connectivity index is 1.12. The number of piperidine rings is 1. The minimum atomic E-state index is -0.795. The molecule has 1 spiro atoms. The van der Waals surface area contributed by atoms with Gasteiger partial charge in [-0.2, -0.15) is 0 Å². The molecule has 4 nitrogen and oxygen atoms in total. The van der Waals surface area contributed by atoms with E-state index in [-0.39, 0.29) is 16.4 Å². The molecule has 2 amide bonds. The van der Waals surface area contributed by atoms with Crippen LogP contribution in [0.15, 0.2) is 12.1 Å². The van der Waals surface area contributed by atoms with E-state index in [1.165, 1.54) is 31.4 Å². The molecule has 0 aromatic heterocycles. The fraction of sp³-hybridized carbons (Fsp3) is 0.704. The summed E-state index contributed by atoms with van der Waals surface area (Å²) in [6, 6.07) is 2.53. The number of hydrogen-bond acceptors (Lipinski definition) is 2. The third-order valence-electron chi connectivity index (χ3n) is 9.83. The lowest BCUT2D eigenvalue weighted by atomic mass is 9.49. The van der Waals surface area contributed by atoms with Crippen LogP contribution in [-0.2, 0) is 4.79 Å². The van der Waals surface area contributed by atoms with Gasteiger partial charge in [0.2, 0.25) is 5.91 Å². The van der Waals surface area contributed by atoms with Crippen molar-refractivity contribution >= 4 is 11.8 Å². The van der Waals surface area contributed by atoms with E-state index in [1.807, 2.05) is 0 Å². The average molecular weight is 457 g/mol. The monoisotopic (exact) mass is 456 g/mol. The van der Waals surface area contributed by atoms with Gasteiger partial charge < -0.3 is 9.80 Å². The molecule has 1 aromatic carbocycles. The van der Waals surface area contributed by atoms with Gasteiger partial charge in [0, 0.05) is 26.2 Å². The number of carbonyl (C=O) groups excluding carboxylic acids is 2. The van der Waals surface area contributed by atoms with Crippen LogP contribution in [0.4, 0.5) is 8.78 Å². The van der Waals surface area contributed by atoms with Crippen molar-refractivity contribution in [2.24, 2.45) is 28.6 Å². The molecule has 4 bridgehead atoms. The SMILES string of the molecule is Cc1ccc(F)c(C(=O)N2CCC3(CC2)CCN(C(=O)C24CC5CC(CC(C5)C2)C4)C3)c1F. The smallest absolute Gasteiger partial charge is 0.259 e. The van der Waals surface area contributed by atoms with Gasteiger partial charge in [0.1, 0.15) is 17.2 Å². The minimum Gasteiger partial charge on any atom is -0.342 e. The van der Waals surface area contributed by atoms with E-state index in [2.05, 4.69) is 4.90 Å². The first kappa shape index (κ1) is 21.5. The number of benzene rings is 1. The summed E-state index contributed by atoms with van der Waals surface area (Å²) in [6.45, 7) is 4.12. The number of hydrogen-bond donors (Lipinski definition) is 0. The molecule has 6 heteroatoms. The van der Waals surface area contributed by atoms with Gasteiger partial charge in [0.15, 0.2) is 0 Å². The van der Waals surface area contributed by atoms with Crippen molar-refractivity contribution in [1.29, 1.82) is 0 Å². The highest BCUT2D eigenvalue weighted by Gasteiger charge is 2.57. The van der Waals surface area contributed by atoms with Gasteiger partial charge in [-0.1, -0.05) is 6.07 Å². The second kappa shape index (κ2) is 7.51. The molecule has 0 radical (unpaired) electrons. The summed E-state index contributed by atoms with van der Waals surface area (Å²) in [6.07, 6.45) is 9.84. The normalized spacial score (nSPS) is 34.3. The van der Waals surface area contributed by atoms with Crippen molar-refractivity contribution < 1.29 is 18.4 Å². The Bertz CT molecular complexity index is 963. The van der Waals surface area contributed by atoms with E-state index < -0.39 is 23.1 Å². The minimum absolute atomic E-state index is 0.0401. The van der Waals surface area contributed by atoms with Crippen molar-refractivity contribution in [3.05, 3.63) is 34.9 Å². The van der Waals surface area contributed by atoms with Crippen molar-refractivity contribution in [3.8, 4) is 0 Å². The largest absolute Gasteiger partial charge is 0.342 e. The second-order valence-electron chi connectivity index (χ2n) is 12.0. The predicted molar refractivity (Wildman–Crippen MR) is 120 cm³/mol. The number of likely N-dealkylation sites (tertiary alicyclic amines) is 2. The molecule has 2 heterocycles. The molecule has 6 fully saturated rings. The number of nitrogens with zero attached hydrogens (tertiary/aromatic N) is 2. The molecule has 1 aromatic rings. The van der Waals surface area contributed by atoms with Gasteiger partial charge in [-0.15, -0.1) is 0 Å². The highest BCUT2D eigenvalue weighted by Crippen LogP contribution is 2.61. The first-order valence-corrected chi connectivity index (χ1v) is 12.8. The van der Waals surface area contributed by atoms with Crippen molar-refractivity contribution in [2.45, 2.75) is 64.7 Å². The Morgan fingerprint density at radius 3 is 2.00 bits per heavy atom. The highest BCUT2D eigenvalue weighted by atomic mass is 19.1. The Morgan fingerprint density at radius 1 is 0.879 bits per heavy atom. The molecule has 0 unspecified atom stereocenters. The van der Waals surface area contributed by atoms with Gasteiger partial charge in [-0.3, -0.25) is 9.59 Å². The van der Waals surface area contributed by atoms with Crippen molar-refractivity contribution in [2.75, 3.05) is 26.2 Å². The van der Waals surface area contributed by atoms with E-state index in [0.29, 0.717) is 19.0 Å². The summed E-state index contributed by atoms with van der Waals surface area (Å²) in [7, 11) is 0. The van der Waals surface area contributed by atoms with Gasteiger partial charge in [0.25, 0.3) is 5.91 Å². The zero-order chi connectivity index (χ0) is 23.0. The number of rotatable bonds is 2. The van der Waals surface area contributed by atoms with Crippen LogP contribution in [0.3, 0.4) is 0 Å². The summed E-state index contributed by atoms with van der Waals surface area (Å²) in [5.41, 5.74) is -0.214. The van der Waals surface area contributed by atoms with E-state index in [9.17, 15) is 18.4 Å². The lowest BCUT2D eigenvalue weighted by Gasteiger charge is -2.56. The van der Waals surface area contributed by atoms with Crippen LogP contribution >= 0.6 is 0 Å². The molecule has 0 atom stereocenters. The van der Waals surface area contributed by atoms with Gasteiger partial charge in [0.05, 0.1) is 5.41 Å². The van der Waals surface area contributed by atoms with Crippen molar-refractivity contribution in [1.82, 2.24) is 9.80 Å².